The van der Waals surface area contributed by atoms with Gasteiger partial charge in [0.15, 0.2) is 0 Å². The fourth-order valence-electron chi connectivity index (χ4n) is 1.84. The first kappa shape index (κ1) is 10.6. The fourth-order valence-corrected chi connectivity index (χ4v) is 1.84. The lowest BCUT2D eigenvalue weighted by Gasteiger charge is -2.23. The Morgan fingerprint density at radius 1 is 1.67 bits per heavy atom. The molecule has 2 rings (SSSR count). The maximum absolute atomic E-state index is 13.4. The summed E-state index contributed by atoms with van der Waals surface area (Å²) in [7, 11) is 3.78. The highest BCUT2D eigenvalue weighted by Gasteiger charge is 2.31. The maximum atomic E-state index is 13.4. The molecule has 2 atom stereocenters. The first-order valence-electron chi connectivity index (χ1n) is 5.07. The number of rotatable bonds is 3. The number of halogens is 1. The van der Waals surface area contributed by atoms with Crippen molar-refractivity contribution in [1.29, 1.82) is 0 Å². The van der Waals surface area contributed by atoms with Crippen LogP contribution < -0.4 is 0 Å². The predicted octanol–water partition coefficient (Wildman–Crippen LogP) is 0.589. The molecule has 84 valence electrons. The summed E-state index contributed by atoms with van der Waals surface area (Å²) >= 11 is 0. The van der Waals surface area contributed by atoms with E-state index in [1.165, 1.54) is 0 Å². The molecule has 1 aromatic rings. The van der Waals surface area contributed by atoms with Crippen LogP contribution in [0.15, 0.2) is 12.3 Å². The summed E-state index contributed by atoms with van der Waals surface area (Å²) in [4.78, 5) is 1.96. The minimum atomic E-state index is -0.876. The summed E-state index contributed by atoms with van der Waals surface area (Å²) in [6.07, 6.45) is 1.01. The van der Waals surface area contributed by atoms with Gasteiger partial charge in [0.25, 0.3) is 0 Å². The maximum Gasteiger partial charge on any atom is 0.141 e. The first-order chi connectivity index (χ1) is 7.16. The third-order valence-corrected chi connectivity index (χ3v) is 2.73. The van der Waals surface area contributed by atoms with E-state index in [2.05, 4.69) is 5.10 Å². The van der Waals surface area contributed by atoms with Crippen LogP contribution in [0.25, 0.3) is 0 Å². The Hall–Kier alpha value is -0.940. The second-order valence-corrected chi connectivity index (χ2v) is 4.02. The van der Waals surface area contributed by atoms with Crippen LogP contribution in [0.4, 0.5) is 4.39 Å². The van der Waals surface area contributed by atoms with E-state index < -0.39 is 6.17 Å². The second-order valence-electron chi connectivity index (χ2n) is 4.02. The van der Waals surface area contributed by atoms with E-state index in [-0.39, 0.29) is 12.6 Å². The van der Waals surface area contributed by atoms with Gasteiger partial charge in [-0.25, -0.2) is 4.39 Å². The molecule has 1 saturated heterocycles. The summed E-state index contributed by atoms with van der Waals surface area (Å²) in [6.45, 7) is 1.36. The summed E-state index contributed by atoms with van der Waals surface area (Å²) in [5.74, 6) is 0. The molecule has 0 unspecified atom stereocenters. The van der Waals surface area contributed by atoms with Gasteiger partial charge in [-0.3, -0.25) is 9.58 Å². The molecule has 0 N–H and O–H groups in total. The van der Waals surface area contributed by atoms with Crippen molar-refractivity contribution < 1.29 is 9.13 Å². The Morgan fingerprint density at radius 3 is 3.00 bits per heavy atom. The molecule has 1 aliphatic rings. The molecule has 0 amide bonds. The number of hydrogen-bond donors (Lipinski definition) is 0. The van der Waals surface area contributed by atoms with Crippen molar-refractivity contribution in [3.63, 3.8) is 0 Å². The van der Waals surface area contributed by atoms with Crippen molar-refractivity contribution in [1.82, 2.24) is 14.7 Å². The molecule has 0 aromatic carbocycles. The molecule has 4 nitrogen and oxygen atoms in total. The molecule has 0 aliphatic carbocycles. The molecular weight excluding hydrogens is 197 g/mol. The van der Waals surface area contributed by atoms with Crippen molar-refractivity contribution in [2.24, 2.45) is 7.05 Å². The van der Waals surface area contributed by atoms with E-state index in [0.717, 1.165) is 5.69 Å². The third-order valence-electron chi connectivity index (χ3n) is 2.73. The van der Waals surface area contributed by atoms with Crippen LogP contribution in [-0.2, 0) is 18.3 Å². The summed E-state index contributed by atoms with van der Waals surface area (Å²) in [5, 5.41) is 4.26. The van der Waals surface area contributed by atoms with Gasteiger partial charge < -0.3 is 4.74 Å². The SMILES string of the molecule is CN(Cc1ccn(C)n1)[C@@H]1COC[C@H]1F. The number of aryl methyl sites for hydroxylation is 1. The third kappa shape index (κ3) is 2.35. The Kier molecular flexibility index (Phi) is 3.02. The normalized spacial score (nSPS) is 26.4. The Morgan fingerprint density at radius 2 is 2.47 bits per heavy atom. The predicted molar refractivity (Wildman–Crippen MR) is 54.2 cm³/mol. The number of ether oxygens (including phenoxy) is 1. The number of likely N-dealkylation sites (N-methyl/N-ethyl adjacent to an activating group) is 1. The molecular formula is C10H16FN3O. The van der Waals surface area contributed by atoms with Gasteiger partial charge in [0, 0.05) is 19.8 Å². The molecule has 1 aromatic heterocycles. The number of hydrogen-bond acceptors (Lipinski definition) is 3. The van der Waals surface area contributed by atoms with Gasteiger partial charge in [0.2, 0.25) is 0 Å². The zero-order valence-electron chi connectivity index (χ0n) is 9.06. The minimum Gasteiger partial charge on any atom is -0.377 e. The zero-order valence-corrected chi connectivity index (χ0v) is 9.06. The van der Waals surface area contributed by atoms with Crippen LogP contribution in [-0.4, -0.2) is 47.2 Å². The van der Waals surface area contributed by atoms with Crippen molar-refractivity contribution in [3.05, 3.63) is 18.0 Å². The van der Waals surface area contributed by atoms with Gasteiger partial charge in [0.05, 0.1) is 24.9 Å². The van der Waals surface area contributed by atoms with Crippen LogP contribution in [0, 0.1) is 0 Å². The van der Waals surface area contributed by atoms with Gasteiger partial charge in [-0.15, -0.1) is 0 Å². The smallest absolute Gasteiger partial charge is 0.141 e. The molecule has 1 fully saturated rings. The zero-order chi connectivity index (χ0) is 10.8. The summed E-state index contributed by atoms with van der Waals surface area (Å²) in [6, 6.07) is 1.81. The lowest BCUT2D eigenvalue weighted by atomic mass is 10.2. The van der Waals surface area contributed by atoms with Crippen molar-refractivity contribution in [3.8, 4) is 0 Å². The van der Waals surface area contributed by atoms with Crippen molar-refractivity contribution in [2.75, 3.05) is 20.3 Å². The molecule has 2 heterocycles. The quantitative estimate of drug-likeness (QED) is 0.736. The first-order valence-corrected chi connectivity index (χ1v) is 5.07. The highest BCUT2D eigenvalue weighted by Crippen LogP contribution is 2.16. The summed E-state index contributed by atoms with van der Waals surface area (Å²) < 4.78 is 20.2. The standard InChI is InChI=1S/C10H16FN3O/c1-13(10-7-15-6-9(10)11)5-8-3-4-14(2)12-8/h3-4,9-10H,5-7H2,1-2H3/t9-,10-/m1/s1. The van der Waals surface area contributed by atoms with E-state index in [4.69, 9.17) is 4.74 Å². The highest BCUT2D eigenvalue weighted by atomic mass is 19.1. The van der Waals surface area contributed by atoms with Crippen LogP contribution in [0.5, 0.6) is 0 Å². The molecule has 0 radical (unpaired) electrons. The lowest BCUT2D eigenvalue weighted by molar-refractivity contribution is 0.152. The van der Waals surface area contributed by atoms with Gasteiger partial charge in [0.1, 0.15) is 6.17 Å². The number of alkyl halides is 1. The summed E-state index contributed by atoms with van der Waals surface area (Å²) in [5.41, 5.74) is 0.958. The highest BCUT2D eigenvalue weighted by molar-refractivity contribution is 4.99. The van der Waals surface area contributed by atoms with Gasteiger partial charge >= 0.3 is 0 Å². The molecule has 0 spiro atoms. The molecule has 15 heavy (non-hydrogen) atoms. The average Bonchev–Trinajstić information content (AvgIpc) is 2.75. The second kappa shape index (κ2) is 4.28. The minimum absolute atomic E-state index is 0.132. The van der Waals surface area contributed by atoms with Gasteiger partial charge in [-0.05, 0) is 13.1 Å². The number of nitrogens with zero attached hydrogens (tertiary/aromatic N) is 3. The van der Waals surface area contributed by atoms with Gasteiger partial charge in [-0.2, -0.15) is 5.10 Å². The van der Waals surface area contributed by atoms with E-state index >= 15 is 0 Å². The molecule has 0 saturated carbocycles. The van der Waals surface area contributed by atoms with Crippen LogP contribution >= 0.6 is 0 Å². The van der Waals surface area contributed by atoms with Crippen LogP contribution in [0.1, 0.15) is 5.69 Å². The van der Waals surface area contributed by atoms with E-state index in [9.17, 15) is 4.39 Å². The van der Waals surface area contributed by atoms with Crippen LogP contribution in [0.2, 0.25) is 0 Å². The van der Waals surface area contributed by atoms with Gasteiger partial charge in [-0.1, -0.05) is 0 Å². The largest absolute Gasteiger partial charge is 0.377 e. The number of aromatic nitrogens is 2. The van der Waals surface area contributed by atoms with Crippen molar-refractivity contribution >= 4 is 0 Å². The molecule has 5 heteroatoms. The Labute approximate surface area is 88.6 Å². The van der Waals surface area contributed by atoms with E-state index in [1.54, 1.807) is 4.68 Å². The van der Waals surface area contributed by atoms with E-state index in [0.29, 0.717) is 13.2 Å². The average molecular weight is 213 g/mol. The van der Waals surface area contributed by atoms with Crippen LogP contribution in [0.3, 0.4) is 0 Å². The Bertz CT molecular complexity index is 328. The molecule has 0 bridgehead atoms. The topological polar surface area (TPSA) is 30.3 Å². The van der Waals surface area contributed by atoms with E-state index in [1.807, 2.05) is 31.3 Å². The Balaban J connectivity index is 1.94. The molecule has 1 aliphatic heterocycles. The fraction of sp³-hybridized carbons (Fsp3) is 0.700. The van der Waals surface area contributed by atoms with Crippen molar-refractivity contribution in [2.45, 2.75) is 18.8 Å². The monoisotopic (exact) mass is 213 g/mol. The lowest BCUT2D eigenvalue weighted by Crippen LogP contribution is -2.38.